The molecule has 16 heavy (non-hydrogen) atoms. The van der Waals surface area contributed by atoms with E-state index < -0.39 is 0 Å². The number of anilines is 2. The summed E-state index contributed by atoms with van der Waals surface area (Å²) in [5.74, 6) is 0.121. The van der Waals surface area contributed by atoms with E-state index in [1.165, 1.54) is 0 Å². The molecule has 1 aromatic carbocycles. The second kappa shape index (κ2) is 4.56. The number of benzene rings is 1. The highest BCUT2D eigenvalue weighted by molar-refractivity contribution is 5.94. The zero-order valence-corrected chi connectivity index (χ0v) is 9.86. The van der Waals surface area contributed by atoms with Crippen molar-refractivity contribution in [3.63, 3.8) is 0 Å². The molecule has 3 heteroatoms. The maximum Gasteiger partial charge on any atom is 0.224 e. The number of rotatable bonds is 1. The summed E-state index contributed by atoms with van der Waals surface area (Å²) in [6.07, 6.45) is 1.52. The van der Waals surface area contributed by atoms with E-state index in [4.69, 9.17) is 0 Å². The summed E-state index contributed by atoms with van der Waals surface area (Å²) in [5.41, 5.74) is 2.06. The Balaban J connectivity index is 2.39. The van der Waals surface area contributed by atoms with Crippen LogP contribution in [0.2, 0.25) is 0 Å². The van der Waals surface area contributed by atoms with Crippen LogP contribution in [0.5, 0.6) is 0 Å². The van der Waals surface area contributed by atoms with Gasteiger partial charge in [-0.2, -0.15) is 0 Å². The van der Waals surface area contributed by atoms with Gasteiger partial charge >= 0.3 is 0 Å². The minimum atomic E-state index is 0.121. The minimum Gasteiger partial charge on any atom is -0.367 e. The van der Waals surface area contributed by atoms with Gasteiger partial charge in [-0.3, -0.25) is 4.79 Å². The first kappa shape index (κ1) is 11.0. The van der Waals surface area contributed by atoms with Gasteiger partial charge in [0.25, 0.3) is 0 Å². The van der Waals surface area contributed by atoms with Crippen molar-refractivity contribution in [1.82, 2.24) is 0 Å². The Bertz CT molecular complexity index is 387. The first-order valence-corrected chi connectivity index (χ1v) is 5.84. The molecule has 1 amide bonds. The van der Waals surface area contributed by atoms with Gasteiger partial charge in [-0.05, 0) is 32.4 Å². The first-order valence-electron chi connectivity index (χ1n) is 5.84. The molecule has 0 spiro atoms. The van der Waals surface area contributed by atoms with Crippen molar-refractivity contribution in [2.45, 2.75) is 32.7 Å². The summed E-state index contributed by atoms with van der Waals surface area (Å²) in [6.45, 7) is 5.31. The quantitative estimate of drug-likeness (QED) is 0.786. The van der Waals surface area contributed by atoms with E-state index in [-0.39, 0.29) is 5.91 Å². The van der Waals surface area contributed by atoms with Crippen LogP contribution in [0.15, 0.2) is 24.3 Å². The Morgan fingerprint density at radius 2 is 2.06 bits per heavy atom. The second-order valence-electron chi connectivity index (χ2n) is 4.46. The van der Waals surface area contributed by atoms with Crippen LogP contribution in [0.4, 0.5) is 11.4 Å². The fourth-order valence-corrected chi connectivity index (χ4v) is 2.11. The van der Waals surface area contributed by atoms with Gasteiger partial charge in [0.15, 0.2) is 0 Å². The third-order valence-electron chi connectivity index (χ3n) is 2.91. The van der Waals surface area contributed by atoms with Crippen LogP contribution in [0.3, 0.4) is 0 Å². The zero-order chi connectivity index (χ0) is 11.5. The first-order chi connectivity index (χ1) is 7.68. The van der Waals surface area contributed by atoms with E-state index in [9.17, 15) is 4.79 Å². The lowest BCUT2D eigenvalue weighted by Gasteiger charge is -2.32. The molecule has 0 saturated heterocycles. The van der Waals surface area contributed by atoms with Gasteiger partial charge in [0.05, 0.1) is 11.4 Å². The van der Waals surface area contributed by atoms with Gasteiger partial charge in [0, 0.05) is 19.0 Å². The number of nitrogens with one attached hydrogen (secondary N) is 1. The molecule has 2 rings (SSSR count). The van der Waals surface area contributed by atoms with Crippen LogP contribution in [0, 0.1) is 0 Å². The molecule has 0 radical (unpaired) electrons. The van der Waals surface area contributed by atoms with E-state index in [0.717, 1.165) is 24.3 Å². The molecule has 0 fully saturated rings. The van der Waals surface area contributed by atoms with Crippen molar-refractivity contribution in [2.75, 3.05) is 16.8 Å². The summed E-state index contributed by atoms with van der Waals surface area (Å²) in [6, 6.07) is 8.46. The topological polar surface area (TPSA) is 32.3 Å². The number of amides is 1. The summed E-state index contributed by atoms with van der Waals surface area (Å²) in [4.78, 5) is 13.9. The monoisotopic (exact) mass is 218 g/mol. The molecule has 1 N–H and O–H groups in total. The summed E-state index contributed by atoms with van der Waals surface area (Å²) >= 11 is 0. The summed E-state index contributed by atoms with van der Waals surface area (Å²) in [5, 5.41) is 2.97. The molecule has 0 bridgehead atoms. The third kappa shape index (κ3) is 2.18. The average molecular weight is 218 g/mol. The molecule has 0 atom stereocenters. The zero-order valence-electron chi connectivity index (χ0n) is 9.86. The Morgan fingerprint density at radius 1 is 1.31 bits per heavy atom. The summed E-state index contributed by atoms with van der Waals surface area (Å²) in [7, 11) is 0. The lowest BCUT2D eigenvalue weighted by Crippen LogP contribution is -2.34. The fraction of sp³-hybridized carbons (Fsp3) is 0.462. The van der Waals surface area contributed by atoms with E-state index in [0.29, 0.717) is 12.5 Å². The van der Waals surface area contributed by atoms with Crippen molar-refractivity contribution < 1.29 is 4.79 Å². The van der Waals surface area contributed by atoms with Crippen LogP contribution in [0.1, 0.15) is 26.7 Å². The Morgan fingerprint density at radius 3 is 2.81 bits per heavy atom. The number of para-hydroxylation sites is 2. The number of hydrogen-bond donors (Lipinski definition) is 1. The number of fused-ring (bicyclic) bond motifs is 1. The van der Waals surface area contributed by atoms with E-state index in [2.05, 4.69) is 30.1 Å². The molecule has 1 heterocycles. The highest BCUT2D eigenvalue weighted by atomic mass is 16.1. The van der Waals surface area contributed by atoms with Crippen molar-refractivity contribution in [3.05, 3.63) is 24.3 Å². The highest BCUT2D eigenvalue weighted by Crippen LogP contribution is 2.29. The predicted octanol–water partition coefficient (Wildman–Crippen LogP) is 2.63. The minimum absolute atomic E-state index is 0.121. The van der Waals surface area contributed by atoms with Crippen molar-refractivity contribution in [1.29, 1.82) is 0 Å². The molecule has 86 valence electrons. The van der Waals surface area contributed by atoms with Crippen molar-refractivity contribution in [3.8, 4) is 0 Å². The van der Waals surface area contributed by atoms with Gasteiger partial charge in [-0.1, -0.05) is 12.1 Å². The molecule has 3 nitrogen and oxygen atoms in total. The van der Waals surface area contributed by atoms with Crippen molar-refractivity contribution in [2.24, 2.45) is 0 Å². The van der Waals surface area contributed by atoms with Gasteiger partial charge in [-0.15, -0.1) is 0 Å². The summed E-state index contributed by atoms with van der Waals surface area (Å²) < 4.78 is 0. The van der Waals surface area contributed by atoms with Crippen LogP contribution in [-0.2, 0) is 4.79 Å². The molecule has 0 unspecified atom stereocenters. The van der Waals surface area contributed by atoms with Crippen LogP contribution < -0.4 is 10.2 Å². The van der Waals surface area contributed by atoms with Gasteiger partial charge in [0.2, 0.25) is 5.91 Å². The Labute approximate surface area is 96.5 Å². The van der Waals surface area contributed by atoms with Gasteiger partial charge in [0.1, 0.15) is 0 Å². The predicted molar refractivity (Wildman–Crippen MR) is 66.8 cm³/mol. The number of hydrogen-bond acceptors (Lipinski definition) is 2. The number of carbonyl (C=O) groups is 1. The molecule has 1 aromatic rings. The van der Waals surface area contributed by atoms with Crippen LogP contribution in [-0.4, -0.2) is 18.5 Å². The number of carbonyl (C=O) groups excluding carboxylic acids is 1. The van der Waals surface area contributed by atoms with Crippen LogP contribution in [0.25, 0.3) is 0 Å². The van der Waals surface area contributed by atoms with Gasteiger partial charge in [-0.25, -0.2) is 0 Å². The highest BCUT2D eigenvalue weighted by Gasteiger charge is 2.18. The Kier molecular flexibility index (Phi) is 3.13. The SMILES string of the molecule is CC(C)N1CCCC(=O)Nc2ccccc21. The molecule has 1 aliphatic heterocycles. The largest absolute Gasteiger partial charge is 0.367 e. The molecular formula is C13H18N2O. The molecule has 0 saturated carbocycles. The van der Waals surface area contributed by atoms with E-state index >= 15 is 0 Å². The smallest absolute Gasteiger partial charge is 0.224 e. The van der Waals surface area contributed by atoms with E-state index in [1.54, 1.807) is 0 Å². The average Bonchev–Trinajstić information content (AvgIpc) is 2.22. The van der Waals surface area contributed by atoms with Gasteiger partial charge < -0.3 is 10.2 Å². The normalized spacial score (nSPS) is 16.4. The molecular weight excluding hydrogens is 200 g/mol. The Hall–Kier alpha value is -1.51. The lowest BCUT2D eigenvalue weighted by molar-refractivity contribution is -0.116. The maximum atomic E-state index is 11.5. The maximum absolute atomic E-state index is 11.5. The molecule has 0 aliphatic carbocycles. The molecule has 1 aliphatic rings. The van der Waals surface area contributed by atoms with Crippen LogP contribution >= 0.6 is 0 Å². The standard InChI is InChI=1S/C13H18N2O/c1-10(2)15-9-5-8-13(16)14-11-6-3-4-7-12(11)15/h3-4,6-7,10H,5,8-9H2,1-2H3,(H,14,16). The third-order valence-corrected chi connectivity index (χ3v) is 2.91. The lowest BCUT2D eigenvalue weighted by atomic mass is 10.1. The fourth-order valence-electron chi connectivity index (χ4n) is 2.11. The number of nitrogens with zero attached hydrogens (tertiary/aromatic N) is 1. The van der Waals surface area contributed by atoms with Crippen molar-refractivity contribution >= 4 is 17.3 Å². The van der Waals surface area contributed by atoms with E-state index in [1.807, 2.05) is 18.2 Å². The second-order valence-corrected chi connectivity index (χ2v) is 4.46. The molecule has 0 aromatic heterocycles.